The molecule has 4 rings (SSSR count). The Morgan fingerprint density at radius 3 is 2.34 bits per heavy atom. The van der Waals surface area contributed by atoms with E-state index in [0.717, 1.165) is 49.7 Å². The number of nitrogens with zero attached hydrogens (tertiary/aromatic N) is 3. The molecule has 1 N–H and O–H groups in total. The maximum Gasteiger partial charge on any atom is 0.251 e. The predicted octanol–water partition coefficient (Wildman–Crippen LogP) is 6.01. The van der Waals surface area contributed by atoms with E-state index >= 15 is 0 Å². The second-order valence-corrected chi connectivity index (χ2v) is 8.62. The Hall–Kier alpha value is -2.28. The molecule has 2 aromatic carbocycles. The summed E-state index contributed by atoms with van der Waals surface area (Å²) in [4.78, 5) is 21.4. The van der Waals surface area contributed by atoms with Crippen molar-refractivity contribution < 1.29 is 4.79 Å². The molecule has 1 fully saturated rings. The maximum absolute atomic E-state index is 12.4. The number of anilines is 1. The highest BCUT2D eigenvalue weighted by atomic mass is 35.5. The lowest BCUT2D eigenvalue weighted by Crippen LogP contribution is -2.46. The van der Waals surface area contributed by atoms with Gasteiger partial charge in [0.25, 0.3) is 5.91 Å². The van der Waals surface area contributed by atoms with Crippen LogP contribution in [0.25, 0.3) is 11.3 Å². The van der Waals surface area contributed by atoms with Gasteiger partial charge in [-0.3, -0.25) is 14.7 Å². The molecular formula is C26H28Cl4N4O. The molecule has 186 valence electrons. The number of pyridine rings is 1. The molecule has 0 radical (unpaired) electrons. The van der Waals surface area contributed by atoms with E-state index in [2.05, 4.69) is 26.2 Å². The van der Waals surface area contributed by atoms with Gasteiger partial charge in [-0.1, -0.05) is 59.6 Å². The molecule has 1 saturated heterocycles. The smallest absolute Gasteiger partial charge is 0.251 e. The molecule has 1 amide bonds. The van der Waals surface area contributed by atoms with E-state index in [1.165, 1.54) is 0 Å². The van der Waals surface area contributed by atoms with Gasteiger partial charge in [-0.25, -0.2) is 0 Å². The Balaban J connectivity index is 0.00000216. The highest BCUT2D eigenvalue weighted by Crippen LogP contribution is 2.32. The fraction of sp³-hybridized carbons (Fsp3) is 0.231. The highest BCUT2D eigenvalue weighted by molar-refractivity contribution is 6.43. The standard InChI is InChI=1S/C26H26Cl2N4O.2ClH/c27-22-6-5-8-24(25(22)28)32-18-16-31(17-19-32)15-4-3-14-30-26(33)21-11-9-20(10-12-21)23-7-1-2-13-29-23;;/h1-13H,14-19H2,(H,30,33);2*1H/b4-3+;;. The van der Waals surface area contributed by atoms with Gasteiger partial charge in [0.15, 0.2) is 0 Å². The first-order valence-electron chi connectivity index (χ1n) is 11.0. The van der Waals surface area contributed by atoms with E-state index in [9.17, 15) is 4.79 Å². The average molecular weight is 554 g/mol. The molecule has 1 aliphatic rings. The van der Waals surface area contributed by atoms with Gasteiger partial charge in [-0.15, -0.1) is 24.8 Å². The van der Waals surface area contributed by atoms with Crippen LogP contribution in [0.5, 0.6) is 0 Å². The van der Waals surface area contributed by atoms with Crippen LogP contribution >= 0.6 is 48.0 Å². The molecule has 5 nitrogen and oxygen atoms in total. The fourth-order valence-corrected chi connectivity index (χ4v) is 4.21. The van der Waals surface area contributed by atoms with Gasteiger partial charge in [0.2, 0.25) is 0 Å². The van der Waals surface area contributed by atoms with Gasteiger partial charge in [0.1, 0.15) is 0 Å². The first-order valence-corrected chi connectivity index (χ1v) is 11.7. The van der Waals surface area contributed by atoms with Gasteiger partial charge < -0.3 is 10.2 Å². The summed E-state index contributed by atoms with van der Waals surface area (Å²) in [7, 11) is 0. The minimum Gasteiger partial charge on any atom is -0.368 e. The monoisotopic (exact) mass is 552 g/mol. The molecule has 2 heterocycles. The molecule has 0 aliphatic carbocycles. The summed E-state index contributed by atoms with van der Waals surface area (Å²) in [6.45, 7) is 5.05. The number of carbonyl (C=O) groups excluding carboxylic acids is 1. The Kier molecular flexibility index (Phi) is 11.8. The van der Waals surface area contributed by atoms with Gasteiger partial charge >= 0.3 is 0 Å². The van der Waals surface area contributed by atoms with Crippen molar-refractivity contribution in [2.75, 3.05) is 44.2 Å². The number of benzene rings is 2. The number of hydrogen-bond donors (Lipinski definition) is 1. The lowest BCUT2D eigenvalue weighted by atomic mass is 10.1. The summed E-state index contributed by atoms with van der Waals surface area (Å²) in [6, 6.07) is 19.0. The number of carbonyl (C=O) groups is 1. The Labute approximate surface area is 228 Å². The predicted molar refractivity (Wildman–Crippen MR) is 151 cm³/mol. The van der Waals surface area contributed by atoms with Crippen molar-refractivity contribution >= 4 is 59.6 Å². The molecule has 0 bridgehead atoms. The largest absolute Gasteiger partial charge is 0.368 e. The second-order valence-electron chi connectivity index (χ2n) is 7.83. The number of nitrogens with one attached hydrogen (secondary N) is 1. The normalized spacial score (nSPS) is 13.7. The van der Waals surface area contributed by atoms with Crippen molar-refractivity contribution in [2.45, 2.75) is 0 Å². The Morgan fingerprint density at radius 1 is 0.914 bits per heavy atom. The number of amides is 1. The van der Waals surface area contributed by atoms with Gasteiger partial charge in [0, 0.05) is 56.6 Å². The van der Waals surface area contributed by atoms with Crippen molar-refractivity contribution in [2.24, 2.45) is 0 Å². The third-order valence-corrected chi connectivity index (χ3v) is 6.47. The van der Waals surface area contributed by atoms with Gasteiger partial charge in [-0.2, -0.15) is 0 Å². The third-order valence-electron chi connectivity index (χ3n) is 5.66. The molecule has 3 aromatic rings. The number of aromatic nitrogens is 1. The summed E-state index contributed by atoms with van der Waals surface area (Å²) >= 11 is 12.5. The minimum absolute atomic E-state index is 0. The van der Waals surface area contributed by atoms with Crippen LogP contribution in [0.4, 0.5) is 5.69 Å². The van der Waals surface area contributed by atoms with E-state index in [0.29, 0.717) is 22.2 Å². The SMILES string of the molecule is Cl.Cl.O=C(NC/C=C/CN1CCN(c2cccc(Cl)c2Cl)CC1)c1ccc(-c2ccccn2)cc1. The Bertz CT molecular complexity index is 1100. The van der Waals surface area contributed by atoms with Crippen molar-refractivity contribution in [3.63, 3.8) is 0 Å². The zero-order valence-corrected chi connectivity index (χ0v) is 22.2. The first kappa shape index (κ1) is 29.0. The van der Waals surface area contributed by atoms with Crippen LogP contribution in [-0.2, 0) is 0 Å². The van der Waals surface area contributed by atoms with E-state index in [1.807, 2.05) is 66.7 Å². The zero-order valence-electron chi connectivity index (χ0n) is 19.1. The van der Waals surface area contributed by atoms with E-state index < -0.39 is 0 Å². The molecule has 35 heavy (non-hydrogen) atoms. The molecule has 0 saturated carbocycles. The summed E-state index contributed by atoms with van der Waals surface area (Å²) in [6.07, 6.45) is 5.87. The quantitative estimate of drug-likeness (QED) is 0.364. The van der Waals surface area contributed by atoms with Crippen LogP contribution in [0, 0.1) is 0 Å². The van der Waals surface area contributed by atoms with E-state index in [-0.39, 0.29) is 30.7 Å². The van der Waals surface area contributed by atoms with Crippen molar-refractivity contribution in [3.05, 3.63) is 94.6 Å². The van der Waals surface area contributed by atoms with E-state index in [4.69, 9.17) is 23.2 Å². The summed E-state index contributed by atoms with van der Waals surface area (Å²) in [5.41, 5.74) is 3.52. The average Bonchev–Trinajstić information content (AvgIpc) is 2.86. The number of halogens is 4. The maximum atomic E-state index is 12.4. The van der Waals surface area contributed by atoms with Crippen LogP contribution in [0.1, 0.15) is 10.4 Å². The molecular weight excluding hydrogens is 526 g/mol. The topological polar surface area (TPSA) is 48.5 Å². The van der Waals surface area contributed by atoms with Gasteiger partial charge in [-0.05, 0) is 36.4 Å². The number of piperazine rings is 1. The minimum atomic E-state index is -0.0840. The molecule has 0 spiro atoms. The summed E-state index contributed by atoms with van der Waals surface area (Å²) < 4.78 is 0. The molecule has 0 atom stereocenters. The summed E-state index contributed by atoms with van der Waals surface area (Å²) in [5, 5.41) is 4.15. The second kappa shape index (κ2) is 14.3. The van der Waals surface area contributed by atoms with Crippen molar-refractivity contribution in [1.82, 2.24) is 15.2 Å². The molecule has 0 unspecified atom stereocenters. The summed E-state index contributed by atoms with van der Waals surface area (Å²) in [5.74, 6) is -0.0840. The van der Waals surface area contributed by atoms with E-state index in [1.54, 1.807) is 6.20 Å². The lowest BCUT2D eigenvalue weighted by molar-refractivity contribution is 0.0958. The van der Waals surface area contributed by atoms with Gasteiger partial charge in [0.05, 0.1) is 21.4 Å². The van der Waals surface area contributed by atoms with Crippen molar-refractivity contribution in [1.29, 1.82) is 0 Å². The number of hydrogen-bond acceptors (Lipinski definition) is 4. The fourth-order valence-electron chi connectivity index (χ4n) is 3.79. The highest BCUT2D eigenvalue weighted by Gasteiger charge is 2.18. The van der Waals surface area contributed by atoms with Crippen LogP contribution in [0.3, 0.4) is 0 Å². The molecule has 1 aromatic heterocycles. The zero-order chi connectivity index (χ0) is 23.0. The van der Waals surface area contributed by atoms with Crippen LogP contribution in [0.15, 0.2) is 79.0 Å². The van der Waals surface area contributed by atoms with Crippen molar-refractivity contribution in [3.8, 4) is 11.3 Å². The molecule has 9 heteroatoms. The molecule has 1 aliphatic heterocycles. The van der Waals surface area contributed by atoms with Crippen LogP contribution in [0.2, 0.25) is 10.0 Å². The van der Waals surface area contributed by atoms with Crippen LogP contribution < -0.4 is 10.2 Å². The third kappa shape index (κ3) is 7.86. The first-order chi connectivity index (χ1) is 16.1. The van der Waals surface area contributed by atoms with Crippen LogP contribution in [-0.4, -0.2) is 55.1 Å². The Morgan fingerprint density at radius 2 is 1.66 bits per heavy atom. The lowest BCUT2D eigenvalue weighted by Gasteiger charge is -2.36. The number of rotatable bonds is 7.